The van der Waals surface area contributed by atoms with E-state index in [1.165, 1.54) is 12.1 Å². The first kappa shape index (κ1) is 30.3. The first-order valence-electron chi connectivity index (χ1n) is 12.3. The molecule has 0 aliphatic carbocycles. The summed E-state index contributed by atoms with van der Waals surface area (Å²) in [5.74, 6) is -3.39. The Balaban J connectivity index is 2.13. The van der Waals surface area contributed by atoms with E-state index in [4.69, 9.17) is 5.73 Å². The van der Waals surface area contributed by atoms with Crippen molar-refractivity contribution >= 4 is 23.7 Å². The molecule has 0 saturated carbocycles. The number of benzene rings is 2. The quantitative estimate of drug-likeness (QED) is 0.179. The molecule has 0 radical (unpaired) electrons. The number of phenolic OH excluding ortho intramolecular Hbond substituents is 1. The third kappa shape index (κ3) is 9.83. The van der Waals surface area contributed by atoms with Crippen molar-refractivity contribution in [3.05, 3.63) is 65.7 Å². The minimum Gasteiger partial charge on any atom is -0.508 e. The highest BCUT2D eigenvalue weighted by atomic mass is 16.4. The lowest BCUT2D eigenvalue weighted by Crippen LogP contribution is -2.58. The number of aliphatic hydroxyl groups is 1. The van der Waals surface area contributed by atoms with Gasteiger partial charge in [0, 0.05) is 6.42 Å². The molecule has 4 unspecified atom stereocenters. The van der Waals surface area contributed by atoms with Crippen molar-refractivity contribution in [2.45, 2.75) is 57.3 Å². The molecule has 0 spiro atoms. The highest BCUT2D eigenvalue weighted by Crippen LogP contribution is 2.11. The van der Waals surface area contributed by atoms with Gasteiger partial charge in [0.2, 0.25) is 17.7 Å². The Morgan fingerprint density at radius 3 is 1.84 bits per heavy atom. The molecule has 0 saturated heterocycles. The molecule has 0 fully saturated rings. The topological polar surface area (TPSA) is 191 Å². The minimum absolute atomic E-state index is 0.0187. The third-order valence-electron chi connectivity index (χ3n) is 5.78. The van der Waals surface area contributed by atoms with Crippen LogP contribution in [0, 0.1) is 5.92 Å². The summed E-state index contributed by atoms with van der Waals surface area (Å²) in [6, 6.07) is 10.3. The molecule has 206 valence electrons. The number of hydrogen-bond acceptors (Lipinski definition) is 7. The van der Waals surface area contributed by atoms with Gasteiger partial charge in [0.25, 0.3) is 0 Å². The lowest BCUT2D eigenvalue weighted by Gasteiger charge is -2.25. The van der Waals surface area contributed by atoms with Crippen LogP contribution < -0.4 is 21.7 Å². The van der Waals surface area contributed by atoms with Crippen molar-refractivity contribution in [1.29, 1.82) is 0 Å². The van der Waals surface area contributed by atoms with Gasteiger partial charge in [-0.05, 0) is 42.0 Å². The van der Waals surface area contributed by atoms with Crippen LogP contribution >= 0.6 is 0 Å². The molecule has 0 aliphatic rings. The van der Waals surface area contributed by atoms with Crippen molar-refractivity contribution in [1.82, 2.24) is 16.0 Å². The van der Waals surface area contributed by atoms with Crippen molar-refractivity contribution in [3.63, 3.8) is 0 Å². The summed E-state index contributed by atoms with van der Waals surface area (Å²) in [4.78, 5) is 50.2. The summed E-state index contributed by atoms with van der Waals surface area (Å²) >= 11 is 0. The molecule has 0 bridgehead atoms. The van der Waals surface area contributed by atoms with Crippen LogP contribution in [0.5, 0.6) is 5.75 Å². The second-order valence-corrected chi connectivity index (χ2v) is 9.50. The number of carbonyl (C=O) groups is 4. The monoisotopic (exact) mass is 528 g/mol. The van der Waals surface area contributed by atoms with Gasteiger partial charge in [0.1, 0.15) is 23.9 Å². The van der Waals surface area contributed by atoms with Gasteiger partial charge in [-0.2, -0.15) is 0 Å². The normalized spacial score (nSPS) is 14.1. The van der Waals surface area contributed by atoms with Crippen molar-refractivity contribution < 1.29 is 34.5 Å². The molecule has 11 nitrogen and oxygen atoms in total. The zero-order valence-corrected chi connectivity index (χ0v) is 21.5. The second kappa shape index (κ2) is 14.7. The Labute approximate surface area is 221 Å². The maximum absolute atomic E-state index is 13.2. The van der Waals surface area contributed by atoms with Gasteiger partial charge in [-0.1, -0.05) is 56.3 Å². The predicted molar refractivity (Wildman–Crippen MR) is 140 cm³/mol. The van der Waals surface area contributed by atoms with E-state index < -0.39 is 54.5 Å². The number of phenols is 1. The van der Waals surface area contributed by atoms with Crippen LogP contribution in [-0.2, 0) is 32.0 Å². The Kier molecular flexibility index (Phi) is 11.7. The van der Waals surface area contributed by atoms with E-state index >= 15 is 0 Å². The van der Waals surface area contributed by atoms with Crippen molar-refractivity contribution in [2.24, 2.45) is 11.7 Å². The molecule has 4 atom stereocenters. The Morgan fingerprint density at radius 1 is 0.763 bits per heavy atom. The second-order valence-electron chi connectivity index (χ2n) is 9.50. The number of nitrogens with two attached hydrogens (primary N) is 1. The smallest absolute Gasteiger partial charge is 0.326 e. The molecule has 2 rings (SSSR count). The number of carbonyl (C=O) groups excluding carboxylic acids is 3. The first-order valence-corrected chi connectivity index (χ1v) is 12.3. The average Bonchev–Trinajstić information content (AvgIpc) is 2.87. The summed E-state index contributed by atoms with van der Waals surface area (Å²) in [5.41, 5.74) is 7.50. The number of amides is 3. The summed E-state index contributed by atoms with van der Waals surface area (Å²) in [7, 11) is 0. The van der Waals surface area contributed by atoms with Crippen LogP contribution in [0.1, 0.15) is 31.4 Å². The van der Waals surface area contributed by atoms with Crippen LogP contribution in [-0.4, -0.2) is 69.8 Å². The molecule has 11 heteroatoms. The molecule has 38 heavy (non-hydrogen) atoms. The van der Waals surface area contributed by atoms with Gasteiger partial charge in [0.15, 0.2) is 0 Å². The minimum atomic E-state index is -1.43. The number of carboxylic acid groups (broad SMARTS) is 1. The Bertz CT molecular complexity index is 1080. The number of aliphatic carboxylic acids is 1. The highest BCUT2D eigenvalue weighted by Gasteiger charge is 2.30. The molecular weight excluding hydrogens is 492 g/mol. The number of aliphatic hydroxyl groups excluding tert-OH is 1. The maximum Gasteiger partial charge on any atom is 0.326 e. The van der Waals surface area contributed by atoms with Gasteiger partial charge in [0.05, 0.1) is 12.6 Å². The third-order valence-corrected chi connectivity index (χ3v) is 5.78. The summed E-state index contributed by atoms with van der Waals surface area (Å²) in [5, 5.41) is 36.0. The van der Waals surface area contributed by atoms with Crippen LogP contribution in [0.2, 0.25) is 0 Å². The summed E-state index contributed by atoms with van der Waals surface area (Å²) in [6.07, 6.45) is 0.397. The van der Waals surface area contributed by atoms with Gasteiger partial charge in [-0.15, -0.1) is 0 Å². The van der Waals surface area contributed by atoms with Crippen LogP contribution in [0.3, 0.4) is 0 Å². The number of hydrogen-bond donors (Lipinski definition) is 7. The first-order chi connectivity index (χ1) is 18.0. The maximum atomic E-state index is 13.2. The number of carboxylic acids is 1. The van der Waals surface area contributed by atoms with E-state index in [9.17, 15) is 34.5 Å². The number of nitrogens with one attached hydrogen (secondary N) is 3. The van der Waals surface area contributed by atoms with E-state index in [0.29, 0.717) is 5.56 Å². The van der Waals surface area contributed by atoms with Gasteiger partial charge >= 0.3 is 5.97 Å². The zero-order chi connectivity index (χ0) is 28.2. The lowest BCUT2D eigenvalue weighted by atomic mass is 10.0. The molecule has 3 amide bonds. The molecular formula is C27H36N4O7. The number of rotatable bonds is 14. The molecule has 0 heterocycles. The molecule has 2 aromatic rings. The lowest BCUT2D eigenvalue weighted by molar-refractivity contribution is -0.143. The van der Waals surface area contributed by atoms with E-state index in [0.717, 1.165) is 5.56 Å². The Morgan fingerprint density at radius 2 is 1.29 bits per heavy atom. The van der Waals surface area contributed by atoms with Crippen LogP contribution in [0.4, 0.5) is 0 Å². The molecule has 0 aliphatic heterocycles. The largest absolute Gasteiger partial charge is 0.508 e. The van der Waals surface area contributed by atoms with Crippen molar-refractivity contribution in [2.75, 3.05) is 6.61 Å². The van der Waals surface area contributed by atoms with E-state index in [2.05, 4.69) is 16.0 Å². The SMILES string of the molecule is CC(C)CC(NC(=O)C(CO)NC(=O)C(Cc1ccccc1)NC(=O)C(N)Cc1ccc(O)cc1)C(=O)O. The van der Waals surface area contributed by atoms with Gasteiger partial charge < -0.3 is 37.0 Å². The Hall–Kier alpha value is -3.96. The fraction of sp³-hybridized carbons (Fsp3) is 0.407. The summed E-state index contributed by atoms with van der Waals surface area (Å²) in [6.45, 7) is 2.82. The standard InChI is InChI=1S/C27H36N4O7/c1-16(2)12-22(27(37)38)30-26(36)23(15-32)31-25(35)21(14-17-6-4-3-5-7-17)29-24(34)20(28)13-18-8-10-19(33)11-9-18/h3-11,16,20-23,32-33H,12-15,28H2,1-2H3,(H,29,34)(H,30,36)(H,31,35)(H,37,38). The molecule has 8 N–H and O–H groups in total. The van der Waals surface area contributed by atoms with Crippen molar-refractivity contribution in [3.8, 4) is 5.75 Å². The fourth-order valence-electron chi connectivity index (χ4n) is 3.75. The summed E-state index contributed by atoms with van der Waals surface area (Å²) < 4.78 is 0. The van der Waals surface area contributed by atoms with E-state index in [1.807, 2.05) is 0 Å². The molecule has 0 aromatic heterocycles. The van der Waals surface area contributed by atoms with Gasteiger partial charge in [-0.3, -0.25) is 14.4 Å². The van der Waals surface area contributed by atoms with E-state index in [-0.39, 0.29) is 30.9 Å². The average molecular weight is 529 g/mol. The fourth-order valence-corrected chi connectivity index (χ4v) is 3.75. The van der Waals surface area contributed by atoms with Crippen LogP contribution in [0.25, 0.3) is 0 Å². The zero-order valence-electron chi connectivity index (χ0n) is 21.5. The molecule has 2 aromatic carbocycles. The van der Waals surface area contributed by atoms with E-state index in [1.54, 1.807) is 56.3 Å². The predicted octanol–water partition coefficient (Wildman–Crippen LogP) is 0.0821. The number of aromatic hydroxyl groups is 1. The highest BCUT2D eigenvalue weighted by molar-refractivity contribution is 5.94. The van der Waals surface area contributed by atoms with Gasteiger partial charge in [-0.25, -0.2) is 4.79 Å². The van der Waals surface area contributed by atoms with Crippen LogP contribution in [0.15, 0.2) is 54.6 Å².